The standard InChI is InChI=1S/C13H18N4O/c1-2-16-9-4-3-6-10(16)13-15-14-11-7-5-8-12(18)17(11)13/h5,7-8,10,14H,2-4,6,9H2,1H3. The zero-order valence-corrected chi connectivity index (χ0v) is 10.6. The molecule has 5 nitrogen and oxygen atoms in total. The van der Waals surface area contributed by atoms with E-state index < -0.39 is 0 Å². The number of rotatable bonds is 2. The van der Waals surface area contributed by atoms with Gasteiger partial charge in [0.15, 0.2) is 5.82 Å². The summed E-state index contributed by atoms with van der Waals surface area (Å²) in [6, 6.07) is 5.50. The number of pyridine rings is 1. The van der Waals surface area contributed by atoms with E-state index in [1.807, 2.05) is 6.07 Å². The molecule has 0 amide bonds. The smallest absolute Gasteiger partial charge is 0.257 e. The summed E-state index contributed by atoms with van der Waals surface area (Å²) in [5.41, 5.74) is 0.775. The number of H-pyrrole nitrogens is 1. The molecule has 1 saturated heterocycles. The van der Waals surface area contributed by atoms with Crippen LogP contribution in [0.2, 0.25) is 0 Å². The Morgan fingerprint density at radius 2 is 2.33 bits per heavy atom. The minimum atomic E-state index is -0.00197. The summed E-state index contributed by atoms with van der Waals surface area (Å²) >= 11 is 0. The minimum Gasteiger partial charge on any atom is -0.294 e. The van der Waals surface area contributed by atoms with Crippen molar-refractivity contribution < 1.29 is 0 Å². The highest BCUT2D eigenvalue weighted by atomic mass is 16.1. The molecule has 3 heterocycles. The van der Waals surface area contributed by atoms with Gasteiger partial charge >= 0.3 is 0 Å². The second kappa shape index (κ2) is 4.57. The topological polar surface area (TPSA) is 53.4 Å². The van der Waals surface area contributed by atoms with Gasteiger partial charge in [-0.05, 0) is 32.0 Å². The summed E-state index contributed by atoms with van der Waals surface area (Å²) in [5.74, 6) is 0.858. The van der Waals surface area contributed by atoms with E-state index in [0.717, 1.165) is 31.0 Å². The van der Waals surface area contributed by atoms with Crippen molar-refractivity contribution in [3.8, 4) is 0 Å². The lowest BCUT2D eigenvalue weighted by Gasteiger charge is -2.33. The molecule has 1 N–H and O–H groups in total. The van der Waals surface area contributed by atoms with Gasteiger partial charge in [-0.2, -0.15) is 5.10 Å². The van der Waals surface area contributed by atoms with E-state index >= 15 is 0 Å². The Bertz CT molecular complexity index is 600. The molecule has 2 aromatic heterocycles. The third kappa shape index (κ3) is 1.75. The van der Waals surface area contributed by atoms with Gasteiger partial charge in [-0.25, -0.2) is 4.40 Å². The molecule has 1 fully saturated rings. The Balaban J connectivity index is 2.10. The van der Waals surface area contributed by atoms with Crippen LogP contribution < -0.4 is 5.56 Å². The molecule has 2 aromatic rings. The second-order valence-electron chi connectivity index (χ2n) is 4.81. The van der Waals surface area contributed by atoms with Crippen LogP contribution in [0.25, 0.3) is 5.65 Å². The minimum absolute atomic E-state index is 0.00197. The van der Waals surface area contributed by atoms with Gasteiger partial charge in [0.2, 0.25) is 0 Å². The Morgan fingerprint density at radius 3 is 3.17 bits per heavy atom. The lowest BCUT2D eigenvalue weighted by Crippen LogP contribution is -2.35. The highest BCUT2D eigenvalue weighted by molar-refractivity contribution is 5.37. The molecule has 0 aromatic carbocycles. The normalized spacial score (nSPS) is 21.5. The van der Waals surface area contributed by atoms with Crippen LogP contribution in [-0.4, -0.2) is 32.6 Å². The van der Waals surface area contributed by atoms with Crippen LogP contribution >= 0.6 is 0 Å². The first kappa shape index (κ1) is 11.5. The van der Waals surface area contributed by atoms with Crippen molar-refractivity contribution in [1.29, 1.82) is 0 Å². The van der Waals surface area contributed by atoms with Gasteiger partial charge in [0, 0.05) is 6.07 Å². The van der Waals surface area contributed by atoms with Gasteiger partial charge in [-0.3, -0.25) is 14.8 Å². The van der Waals surface area contributed by atoms with Crippen molar-refractivity contribution in [3.05, 3.63) is 34.4 Å². The van der Waals surface area contributed by atoms with Crippen LogP contribution in [0, 0.1) is 0 Å². The molecule has 0 aliphatic carbocycles. The maximum absolute atomic E-state index is 12.0. The van der Waals surface area contributed by atoms with Gasteiger partial charge < -0.3 is 0 Å². The number of likely N-dealkylation sites (tertiary alicyclic amines) is 1. The van der Waals surface area contributed by atoms with Gasteiger partial charge in [0.25, 0.3) is 5.56 Å². The number of fused-ring (bicyclic) bond motifs is 1. The molecular weight excluding hydrogens is 228 g/mol. The predicted octanol–water partition coefficient (Wildman–Crippen LogP) is 1.57. The van der Waals surface area contributed by atoms with E-state index in [-0.39, 0.29) is 11.6 Å². The molecular formula is C13H18N4O. The fourth-order valence-corrected chi connectivity index (χ4v) is 2.86. The van der Waals surface area contributed by atoms with Crippen molar-refractivity contribution >= 4 is 5.65 Å². The molecule has 5 heteroatoms. The molecule has 96 valence electrons. The Morgan fingerprint density at radius 1 is 1.44 bits per heavy atom. The van der Waals surface area contributed by atoms with Crippen molar-refractivity contribution in [1.82, 2.24) is 19.5 Å². The molecule has 3 rings (SSSR count). The van der Waals surface area contributed by atoms with E-state index in [2.05, 4.69) is 22.0 Å². The summed E-state index contributed by atoms with van der Waals surface area (Å²) in [6.07, 6.45) is 3.52. The number of nitrogens with zero attached hydrogens (tertiary/aromatic N) is 3. The van der Waals surface area contributed by atoms with Crippen molar-refractivity contribution in [3.63, 3.8) is 0 Å². The molecule has 1 aliphatic rings. The molecule has 0 spiro atoms. The fraction of sp³-hybridized carbons (Fsp3) is 0.538. The zero-order chi connectivity index (χ0) is 12.5. The van der Waals surface area contributed by atoms with Crippen LogP contribution in [0.3, 0.4) is 0 Å². The number of piperidine rings is 1. The van der Waals surface area contributed by atoms with E-state index in [0.29, 0.717) is 0 Å². The first-order valence-corrected chi connectivity index (χ1v) is 6.61. The van der Waals surface area contributed by atoms with Gasteiger partial charge in [0.05, 0.1) is 6.04 Å². The number of hydrogen-bond acceptors (Lipinski definition) is 3. The SMILES string of the molecule is CCN1CCCCC1c1n[nH]c2cccc(=O)n12. The highest BCUT2D eigenvalue weighted by Crippen LogP contribution is 2.28. The second-order valence-corrected chi connectivity index (χ2v) is 4.81. The third-order valence-electron chi connectivity index (χ3n) is 3.79. The van der Waals surface area contributed by atoms with Gasteiger partial charge in [-0.15, -0.1) is 0 Å². The van der Waals surface area contributed by atoms with Crippen molar-refractivity contribution in [2.45, 2.75) is 32.2 Å². The number of aromatic amines is 1. The van der Waals surface area contributed by atoms with E-state index in [1.54, 1.807) is 16.5 Å². The van der Waals surface area contributed by atoms with Crippen molar-refractivity contribution in [2.75, 3.05) is 13.1 Å². The van der Waals surface area contributed by atoms with E-state index in [1.165, 1.54) is 12.8 Å². The summed E-state index contributed by atoms with van der Waals surface area (Å²) in [5, 5.41) is 7.33. The summed E-state index contributed by atoms with van der Waals surface area (Å²) < 4.78 is 1.71. The average molecular weight is 246 g/mol. The Labute approximate surface area is 105 Å². The molecule has 0 bridgehead atoms. The average Bonchev–Trinajstić information content (AvgIpc) is 2.84. The first-order valence-electron chi connectivity index (χ1n) is 6.61. The van der Waals surface area contributed by atoms with Crippen molar-refractivity contribution in [2.24, 2.45) is 0 Å². The van der Waals surface area contributed by atoms with Gasteiger partial charge in [0.1, 0.15) is 5.65 Å². The lowest BCUT2D eigenvalue weighted by molar-refractivity contribution is 0.149. The fourth-order valence-electron chi connectivity index (χ4n) is 2.86. The highest BCUT2D eigenvalue weighted by Gasteiger charge is 2.26. The van der Waals surface area contributed by atoms with Crippen LogP contribution in [0.15, 0.2) is 23.0 Å². The maximum atomic E-state index is 12.0. The largest absolute Gasteiger partial charge is 0.294 e. The molecule has 18 heavy (non-hydrogen) atoms. The summed E-state index contributed by atoms with van der Waals surface area (Å²) in [6.45, 7) is 4.26. The van der Waals surface area contributed by atoms with Crippen LogP contribution in [0.1, 0.15) is 38.1 Å². The van der Waals surface area contributed by atoms with Gasteiger partial charge in [-0.1, -0.05) is 19.4 Å². The molecule has 1 atom stereocenters. The van der Waals surface area contributed by atoms with Crippen LogP contribution in [0.4, 0.5) is 0 Å². The van der Waals surface area contributed by atoms with Crippen LogP contribution in [-0.2, 0) is 0 Å². The molecule has 1 aliphatic heterocycles. The van der Waals surface area contributed by atoms with Crippen LogP contribution in [0.5, 0.6) is 0 Å². The monoisotopic (exact) mass is 246 g/mol. The number of hydrogen-bond donors (Lipinski definition) is 1. The number of nitrogens with one attached hydrogen (secondary N) is 1. The molecule has 0 radical (unpaired) electrons. The summed E-state index contributed by atoms with van der Waals surface area (Å²) in [4.78, 5) is 14.4. The maximum Gasteiger partial charge on any atom is 0.257 e. The Hall–Kier alpha value is -1.62. The van der Waals surface area contributed by atoms with E-state index in [4.69, 9.17) is 0 Å². The predicted molar refractivity (Wildman–Crippen MR) is 69.7 cm³/mol. The first-order chi connectivity index (χ1) is 8.81. The molecule has 0 saturated carbocycles. The lowest BCUT2D eigenvalue weighted by atomic mass is 10.0. The Kier molecular flexibility index (Phi) is 2.91. The third-order valence-corrected chi connectivity index (χ3v) is 3.79. The summed E-state index contributed by atoms with van der Waals surface area (Å²) in [7, 11) is 0. The number of aromatic nitrogens is 3. The zero-order valence-electron chi connectivity index (χ0n) is 10.6. The molecule has 1 unspecified atom stereocenters. The van der Waals surface area contributed by atoms with E-state index in [9.17, 15) is 4.79 Å². The quantitative estimate of drug-likeness (QED) is 0.875.